The van der Waals surface area contributed by atoms with Crippen LogP contribution >= 0.6 is 11.3 Å². The maximum atomic E-state index is 13.2. The third-order valence-electron chi connectivity index (χ3n) is 2.55. The summed E-state index contributed by atoms with van der Waals surface area (Å²) in [6.45, 7) is 3.55. The highest BCUT2D eigenvalue weighted by Crippen LogP contribution is 2.33. The number of carbonyl (C=O) groups is 1. The van der Waals surface area contributed by atoms with E-state index in [1.807, 2.05) is 6.92 Å². The van der Waals surface area contributed by atoms with Crippen molar-refractivity contribution in [2.75, 3.05) is 0 Å². The van der Waals surface area contributed by atoms with Gasteiger partial charge in [-0.25, -0.2) is 9.18 Å². The van der Waals surface area contributed by atoms with Gasteiger partial charge in [0.1, 0.15) is 10.7 Å². The predicted octanol–water partition coefficient (Wildman–Crippen LogP) is 3.87. The molecule has 0 saturated carbocycles. The van der Waals surface area contributed by atoms with E-state index in [9.17, 15) is 9.18 Å². The monoisotopic (exact) mass is 250 g/mol. The normalized spacial score (nSPS) is 10.5. The first-order valence-electron chi connectivity index (χ1n) is 5.09. The van der Waals surface area contributed by atoms with E-state index in [1.54, 1.807) is 25.1 Å². The molecular weight excluding hydrogens is 239 g/mol. The van der Waals surface area contributed by atoms with Crippen LogP contribution in [-0.2, 0) is 0 Å². The molecule has 0 atom stereocenters. The molecule has 2 rings (SSSR count). The molecule has 1 aromatic carbocycles. The molecule has 1 N–H and O–H groups in total. The lowest BCUT2D eigenvalue weighted by Crippen LogP contribution is -1.89. The molecule has 4 heteroatoms. The third kappa shape index (κ3) is 2.22. The summed E-state index contributed by atoms with van der Waals surface area (Å²) in [7, 11) is 0. The fourth-order valence-corrected chi connectivity index (χ4v) is 2.67. The first-order chi connectivity index (χ1) is 7.99. The van der Waals surface area contributed by atoms with Crippen LogP contribution in [0.2, 0.25) is 0 Å². The quantitative estimate of drug-likeness (QED) is 0.878. The second-order valence-electron chi connectivity index (χ2n) is 3.89. The summed E-state index contributed by atoms with van der Waals surface area (Å²) < 4.78 is 13.2. The number of aryl methyl sites for hydroxylation is 2. The van der Waals surface area contributed by atoms with E-state index in [2.05, 4.69) is 0 Å². The molecule has 0 saturated heterocycles. The molecule has 0 aliphatic rings. The van der Waals surface area contributed by atoms with Crippen LogP contribution in [0.3, 0.4) is 0 Å². The van der Waals surface area contributed by atoms with E-state index in [1.165, 1.54) is 17.4 Å². The molecule has 1 heterocycles. The van der Waals surface area contributed by atoms with E-state index in [0.29, 0.717) is 10.4 Å². The molecule has 0 amide bonds. The van der Waals surface area contributed by atoms with Crippen LogP contribution in [0.1, 0.15) is 20.8 Å². The van der Waals surface area contributed by atoms with E-state index < -0.39 is 5.97 Å². The van der Waals surface area contributed by atoms with Crippen LogP contribution in [0.4, 0.5) is 4.39 Å². The van der Waals surface area contributed by atoms with E-state index in [0.717, 1.165) is 16.0 Å². The smallest absolute Gasteiger partial charge is 0.345 e. The minimum Gasteiger partial charge on any atom is -0.477 e. The Kier molecular flexibility index (Phi) is 2.98. The van der Waals surface area contributed by atoms with Gasteiger partial charge in [-0.2, -0.15) is 0 Å². The average molecular weight is 250 g/mol. The van der Waals surface area contributed by atoms with E-state index in [-0.39, 0.29) is 5.82 Å². The number of thiophene rings is 1. The van der Waals surface area contributed by atoms with Crippen molar-refractivity contribution in [2.45, 2.75) is 13.8 Å². The number of rotatable bonds is 2. The van der Waals surface area contributed by atoms with Gasteiger partial charge in [0.2, 0.25) is 0 Å². The Balaban J connectivity index is 2.52. The third-order valence-corrected chi connectivity index (χ3v) is 3.82. The Morgan fingerprint density at radius 3 is 2.47 bits per heavy atom. The van der Waals surface area contributed by atoms with Crippen molar-refractivity contribution in [2.24, 2.45) is 0 Å². The van der Waals surface area contributed by atoms with Gasteiger partial charge in [0, 0.05) is 4.88 Å². The molecule has 2 nitrogen and oxygen atoms in total. The summed E-state index contributed by atoms with van der Waals surface area (Å²) in [4.78, 5) is 12.1. The number of hydrogen-bond acceptors (Lipinski definition) is 2. The van der Waals surface area contributed by atoms with Crippen LogP contribution in [0.25, 0.3) is 10.4 Å². The second-order valence-corrected chi connectivity index (χ2v) is 4.94. The zero-order valence-corrected chi connectivity index (χ0v) is 10.3. The maximum Gasteiger partial charge on any atom is 0.345 e. The van der Waals surface area contributed by atoms with Gasteiger partial charge in [0.05, 0.1) is 0 Å². The predicted molar refractivity (Wildman–Crippen MR) is 66.1 cm³/mol. The number of halogens is 1. The SMILES string of the molecule is Cc1cc(-c2sc(C(=O)O)cc2C)ccc1F. The number of benzene rings is 1. The van der Waals surface area contributed by atoms with Crippen LogP contribution in [-0.4, -0.2) is 11.1 Å². The first kappa shape index (κ1) is 11.8. The van der Waals surface area contributed by atoms with Crippen molar-refractivity contribution in [1.82, 2.24) is 0 Å². The van der Waals surface area contributed by atoms with Gasteiger partial charge in [-0.1, -0.05) is 6.07 Å². The molecule has 0 aliphatic heterocycles. The van der Waals surface area contributed by atoms with Crippen molar-refractivity contribution in [3.8, 4) is 10.4 Å². The van der Waals surface area contributed by atoms with Crippen molar-refractivity contribution in [1.29, 1.82) is 0 Å². The number of hydrogen-bond donors (Lipinski definition) is 1. The first-order valence-corrected chi connectivity index (χ1v) is 5.91. The number of carboxylic acids is 1. The van der Waals surface area contributed by atoms with Crippen molar-refractivity contribution >= 4 is 17.3 Å². The van der Waals surface area contributed by atoms with Gasteiger partial charge < -0.3 is 5.11 Å². The highest BCUT2D eigenvalue weighted by atomic mass is 32.1. The lowest BCUT2D eigenvalue weighted by atomic mass is 10.1. The fraction of sp³-hybridized carbons (Fsp3) is 0.154. The van der Waals surface area contributed by atoms with Gasteiger partial charge in [-0.15, -0.1) is 11.3 Å². The summed E-state index contributed by atoms with van der Waals surface area (Å²) in [5.41, 5.74) is 2.32. The lowest BCUT2D eigenvalue weighted by Gasteiger charge is -2.02. The minimum absolute atomic E-state index is 0.249. The highest BCUT2D eigenvalue weighted by molar-refractivity contribution is 7.17. The van der Waals surface area contributed by atoms with E-state index >= 15 is 0 Å². The standard InChI is InChI=1S/C13H11FO2S/c1-7-5-9(3-4-10(7)14)12-8(2)6-11(17-12)13(15)16/h3-6H,1-2H3,(H,15,16). The Morgan fingerprint density at radius 1 is 1.24 bits per heavy atom. The Labute approximate surface area is 102 Å². The van der Waals surface area contributed by atoms with Gasteiger partial charge in [0.25, 0.3) is 0 Å². The summed E-state index contributed by atoms with van der Waals surface area (Å²) in [6, 6.07) is 6.46. The maximum absolute atomic E-state index is 13.2. The molecule has 0 bridgehead atoms. The fourth-order valence-electron chi connectivity index (χ4n) is 1.66. The minimum atomic E-state index is -0.928. The van der Waals surface area contributed by atoms with Crippen LogP contribution in [0.15, 0.2) is 24.3 Å². The van der Waals surface area contributed by atoms with Gasteiger partial charge in [-0.3, -0.25) is 0 Å². The highest BCUT2D eigenvalue weighted by Gasteiger charge is 2.13. The summed E-state index contributed by atoms with van der Waals surface area (Å²) in [5.74, 6) is -1.18. The molecular formula is C13H11FO2S. The molecule has 17 heavy (non-hydrogen) atoms. The molecule has 0 aliphatic carbocycles. The average Bonchev–Trinajstić information content (AvgIpc) is 2.65. The molecule has 0 spiro atoms. The zero-order chi connectivity index (χ0) is 12.6. The Bertz CT molecular complexity index is 587. The topological polar surface area (TPSA) is 37.3 Å². The Morgan fingerprint density at radius 2 is 1.94 bits per heavy atom. The zero-order valence-electron chi connectivity index (χ0n) is 9.45. The van der Waals surface area contributed by atoms with Crippen LogP contribution in [0, 0.1) is 19.7 Å². The van der Waals surface area contributed by atoms with Crippen molar-refractivity contribution < 1.29 is 14.3 Å². The molecule has 0 fully saturated rings. The second kappa shape index (κ2) is 4.30. The van der Waals surface area contributed by atoms with Gasteiger partial charge in [0.15, 0.2) is 0 Å². The number of aromatic carboxylic acids is 1. The number of carboxylic acid groups (broad SMARTS) is 1. The largest absolute Gasteiger partial charge is 0.477 e. The molecule has 0 unspecified atom stereocenters. The summed E-state index contributed by atoms with van der Waals surface area (Å²) >= 11 is 1.21. The molecule has 2 aromatic rings. The Hall–Kier alpha value is -1.68. The van der Waals surface area contributed by atoms with E-state index in [4.69, 9.17) is 5.11 Å². The molecule has 1 aromatic heterocycles. The summed E-state index contributed by atoms with van der Waals surface area (Å²) in [6.07, 6.45) is 0. The van der Waals surface area contributed by atoms with Crippen molar-refractivity contribution in [3.05, 3.63) is 46.1 Å². The summed E-state index contributed by atoms with van der Waals surface area (Å²) in [5, 5.41) is 8.92. The molecule has 0 radical (unpaired) electrons. The molecule has 88 valence electrons. The lowest BCUT2D eigenvalue weighted by molar-refractivity contribution is 0.0702. The van der Waals surface area contributed by atoms with Gasteiger partial charge >= 0.3 is 5.97 Å². The van der Waals surface area contributed by atoms with Crippen molar-refractivity contribution in [3.63, 3.8) is 0 Å². The van der Waals surface area contributed by atoms with Crippen LogP contribution < -0.4 is 0 Å². The van der Waals surface area contributed by atoms with Gasteiger partial charge in [-0.05, 0) is 48.7 Å². The van der Waals surface area contributed by atoms with Crippen LogP contribution in [0.5, 0.6) is 0 Å².